The normalized spacial score (nSPS) is 16.0. The fraction of sp³-hybridized carbons (Fsp3) is 0.375. The van der Waals surface area contributed by atoms with Crippen LogP contribution < -0.4 is 4.74 Å². The van der Waals surface area contributed by atoms with Crippen molar-refractivity contribution in [3.05, 3.63) is 28.4 Å². The predicted octanol–water partition coefficient (Wildman–Crippen LogP) is 0.767. The van der Waals surface area contributed by atoms with E-state index in [2.05, 4.69) is 4.98 Å². The molecule has 0 bridgehead atoms. The summed E-state index contributed by atoms with van der Waals surface area (Å²) in [4.78, 5) is 13.9. The fourth-order valence-corrected chi connectivity index (χ4v) is 1.05. The Balaban J connectivity index is 2.17. The molecule has 0 saturated carbocycles. The molecule has 2 rings (SSSR count). The Morgan fingerprint density at radius 3 is 3.00 bits per heavy atom. The lowest BCUT2D eigenvalue weighted by Gasteiger charge is -2.25. The van der Waals surface area contributed by atoms with Crippen LogP contribution in [-0.4, -0.2) is 29.2 Å². The zero-order chi connectivity index (χ0) is 9.97. The minimum Gasteiger partial charge on any atom is -0.465 e. The van der Waals surface area contributed by atoms with Gasteiger partial charge in [-0.15, -0.1) is 0 Å². The molecule has 14 heavy (non-hydrogen) atoms. The van der Waals surface area contributed by atoms with Crippen molar-refractivity contribution in [1.29, 1.82) is 0 Å². The Kier molecular flexibility index (Phi) is 2.28. The molecule has 6 nitrogen and oxygen atoms in total. The minimum atomic E-state index is -0.512. The van der Waals surface area contributed by atoms with Crippen molar-refractivity contribution in [3.63, 3.8) is 0 Å². The van der Waals surface area contributed by atoms with E-state index in [0.717, 1.165) is 0 Å². The fourth-order valence-electron chi connectivity index (χ4n) is 1.05. The highest BCUT2D eigenvalue weighted by atomic mass is 16.6. The van der Waals surface area contributed by atoms with Gasteiger partial charge in [-0.3, -0.25) is 10.1 Å². The summed E-state index contributed by atoms with van der Waals surface area (Å²) in [6, 6.07) is 2.87. The summed E-state index contributed by atoms with van der Waals surface area (Å²) in [5.74, 6) is 0.0609. The van der Waals surface area contributed by atoms with Crippen molar-refractivity contribution in [2.24, 2.45) is 0 Å². The van der Waals surface area contributed by atoms with Gasteiger partial charge in [0.1, 0.15) is 6.10 Å². The Morgan fingerprint density at radius 1 is 1.64 bits per heavy atom. The van der Waals surface area contributed by atoms with E-state index in [9.17, 15) is 10.1 Å². The molecular weight excluding hydrogens is 188 g/mol. The number of rotatable bonds is 3. The molecule has 0 aromatic carbocycles. The zero-order valence-corrected chi connectivity index (χ0v) is 7.25. The van der Waals surface area contributed by atoms with E-state index in [1.165, 1.54) is 18.3 Å². The first-order valence-corrected chi connectivity index (χ1v) is 4.11. The van der Waals surface area contributed by atoms with Crippen LogP contribution in [0.4, 0.5) is 5.69 Å². The number of hydrogen-bond acceptors (Lipinski definition) is 5. The summed E-state index contributed by atoms with van der Waals surface area (Å²) in [6.45, 7) is 0.932. The number of pyridine rings is 1. The van der Waals surface area contributed by atoms with E-state index in [-0.39, 0.29) is 17.7 Å². The molecule has 1 aromatic heterocycles. The quantitative estimate of drug-likeness (QED) is 0.527. The summed E-state index contributed by atoms with van der Waals surface area (Å²) >= 11 is 0. The van der Waals surface area contributed by atoms with Crippen LogP contribution >= 0.6 is 0 Å². The van der Waals surface area contributed by atoms with Crippen molar-refractivity contribution < 1.29 is 14.4 Å². The molecule has 0 unspecified atom stereocenters. The minimum absolute atomic E-state index is 0.0609. The van der Waals surface area contributed by atoms with Gasteiger partial charge in [0.15, 0.2) is 0 Å². The van der Waals surface area contributed by atoms with Crippen LogP contribution in [0.25, 0.3) is 0 Å². The van der Waals surface area contributed by atoms with Gasteiger partial charge in [0.05, 0.1) is 18.1 Å². The van der Waals surface area contributed by atoms with Crippen molar-refractivity contribution in [2.75, 3.05) is 13.2 Å². The summed E-state index contributed by atoms with van der Waals surface area (Å²) < 4.78 is 10.1. The van der Waals surface area contributed by atoms with Gasteiger partial charge in [-0.05, 0) is 6.07 Å². The summed E-state index contributed by atoms with van der Waals surface area (Å²) in [5, 5.41) is 10.6. The van der Waals surface area contributed by atoms with Crippen molar-refractivity contribution >= 4 is 5.69 Å². The lowest BCUT2D eigenvalue weighted by molar-refractivity contribution is -0.386. The molecule has 0 N–H and O–H groups in total. The van der Waals surface area contributed by atoms with E-state index in [1.54, 1.807) is 0 Å². The first-order valence-electron chi connectivity index (χ1n) is 4.11. The number of ether oxygens (including phenoxy) is 2. The first-order chi connectivity index (χ1) is 6.77. The molecule has 0 amide bonds. The zero-order valence-electron chi connectivity index (χ0n) is 7.25. The average Bonchev–Trinajstić information content (AvgIpc) is 2.12. The maximum Gasteiger partial charge on any atom is 0.330 e. The van der Waals surface area contributed by atoms with Gasteiger partial charge in [-0.1, -0.05) is 0 Å². The highest BCUT2D eigenvalue weighted by molar-refractivity contribution is 5.39. The summed E-state index contributed by atoms with van der Waals surface area (Å²) in [6.07, 6.45) is 1.35. The highest BCUT2D eigenvalue weighted by Gasteiger charge is 2.25. The van der Waals surface area contributed by atoms with Gasteiger partial charge in [-0.25, -0.2) is 4.98 Å². The van der Waals surface area contributed by atoms with Crippen LogP contribution in [0.5, 0.6) is 5.88 Å². The molecule has 1 aliphatic heterocycles. The van der Waals surface area contributed by atoms with E-state index < -0.39 is 4.92 Å². The maximum absolute atomic E-state index is 10.6. The Morgan fingerprint density at radius 2 is 2.43 bits per heavy atom. The van der Waals surface area contributed by atoms with Crippen LogP contribution in [0, 0.1) is 10.1 Å². The number of hydrogen-bond donors (Lipinski definition) is 0. The first kappa shape index (κ1) is 8.89. The van der Waals surface area contributed by atoms with Crippen LogP contribution in [0.3, 0.4) is 0 Å². The van der Waals surface area contributed by atoms with Gasteiger partial charge < -0.3 is 9.47 Å². The predicted molar refractivity (Wildman–Crippen MR) is 46.1 cm³/mol. The molecule has 6 heteroatoms. The van der Waals surface area contributed by atoms with Crippen LogP contribution in [-0.2, 0) is 4.74 Å². The second kappa shape index (κ2) is 3.59. The molecular formula is C8H8N2O4. The molecule has 0 atom stereocenters. The molecule has 74 valence electrons. The van der Waals surface area contributed by atoms with E-state index in [1.807, 2.05) is 0 Å². The van der Waals surface area contributed by atoms with Gasteiger partial charge >= 0.3 is 5.69 Å². The van der Waals surface area contributed by atoms with Crippen LogP contribution in [0.15, 0.2) is 18.3 Å². The Bertz CT molecular complexity index is 351. The smallest absolute Gasteiger partial charge is 0.330 e. The third kappa shape index (κ3) is 1.64. The Hall–Kier alpha value is -1.69. The summed E-state index contributed by atoms with van der Waals surface area (Å²) in [7, 11) is 0. The standard InChI is InChI=1S/C8H8N2O4/c11-10(12)7-2-1-3-9-8(7)14-6-4-13-5-6/h1-3,6H,4-5H2. The molecule has 1 fully saturated rings. The van der Waals surface area contributed by atoms with Crippen molar-refractivity contribution in [3.8, 4) is 5.88 Å². The Labute approximate surface area is 79.6 Å². The highest BCUT2D eigenvalue weighted by Crippen LogP contribution is 2.25. The SMILES string of the molecule is O=[N+]([O-])c1cccnc1OC1COC1. The van der Waals surface area contributed by atoms with Crippen LogP contribution in [0.2, 0.25) is 0 Å². The molecule has 1 aliphatic rings. The lowest BCUT2D eigenvalue weighted by atomic mass is 10.3. The number of nitrogens with zero attached hydrogens (tertiary/aromatic N) is 2. The van der Waals surface area contributed by atoms with Gasteiger partial charge in [0.25, 0.3) is 5.88 Å². The molecule has 2 heterocycles. The third-order valence-electron chi connectivity index (χ3n) is 1.83. The maximum atomic E-state index is 10.6. The van der Waals surface area contributed by atoms with Gasteiger partial charge in [-0.2, -0.15) is 0 Å². The second-order valence-corrected chi connectivity index (χ2v) is 2.86. The van der Waals surface area contributed by atoms with Gasteiger partial charge in [0, 0.05) is 12.3 Å². The topological polar surface area (TPSA) is 74.5 Å². The molecule has 1 saturated heterocycles. The monoisotopic (exact) mass is 196 g/mol. The van der Waals surface area contributed by atoms with Crippen LogP contribution in [0.1, 0.15) is 0 Å². The van der Waals surface area contributed by atoms with E-state index in [4.69, 9.17) is 9.47 Å². The molecule has 0 spiro atoms. The van der Waals surface area contributed by atoms with Crippen molar-refractivity contribution in [2.45, 2.75) is 6.10 Å². The summed E-state index contributed by atoms with van der Waals surface area (Å²) in [5.41, 5.74) is -0.112. The second-order valence-electron chi connectivity index (χ2n) is 2.86. The number of nitro groups is 1. The van der Waals surface area contributed by atoms with Crippen molar-refractivity contribution in [1.82, 2.24) is 4.98 Å². The van der Waals surface area contributed by atoms with E-state index in [0.29, 0.717) is 13.2 Å². The average molecular weight is 196 g/mol. The third-order valence-corrected chi connectivity index (χ3v) is 1.83. The van der Waals surface area contributed by atoms with E-state index >= 15 is 0 Å². The molecule has 1 aromatic rings. The lowest BCUT2D eigenvalue weighted by Crippen LogP contribution is -2.38. The van der Waals surface area contributed by atoms with Gasteiger partial charge in [0.2, 0.25) is 0 Å². The number of aromatic nitrogens is 1. The molecule has 0 radical (unpaired) electrons. The molecule has 0 aliphatic carbocycles. The largest absolute Gasteiger partial charge is 0.465 e.